The van der Waals surface area contributed by atoms with E-state index in [4.69, 9.17) is 0 Å². The van der Waals surface area contributed by atoms with Crippen molar-refractivity contribution in [2.75, 3.05) is 0 Å². The van der Waals surface area contributed by atoms with Gasteiger partial charge < -0.3 is 0 Å². The zero-order chi connectivity index (χ0) is 9.78. The third kappa shape index (κ3) is 5.62. The molecule has 0 bridgehead atoms. The van der Waals surface area contributed by atoms with Crippen LogP contribution in [0.15, 0.2) is 0 Å². The van der Waals surface area contributed by atoms with E-state index in [0.717, 1.165) is 11.8 Å². The molecule has 0 aromatic carbocycles. The Morgan fingerprint density at radius 1 is 0.917 bits per heavy atom. The summed E-state index contributed by atoms with van der Waals surface area (Å²) in [6.07, 6.45) is 4.18. The Hall–Kier alpha value is 0. The summed E-state index contributed by atoms with van der Waals surface area (Å²) >= 11 is 0. The van der Waals surface area contributed by atoms with Crippen LogP contribution in [0.3, 0.4) is 0 Å². The van der Waals surface area contributed by atoms with E-state index in [0.29, 0.717) is 5.41 Å². The van der Waals surface area contributed by atoms with Crippen LogP contribution in [-0.4, -0.2) is 0 Å². The molecule has 74 valence electrons. The third-order valence-electron chi connectivity index (χ3n) is 2.90. The normalized spacial score (nSPS) is 15.2. The SMILES string of the molecule is CC(C)CCCC(C)C(C)(C)C. The first-order valence-corrected chi connectivity index (χ1v) is 5.34. The molecule has 0 fully saturated rings. The molecule has 12 heavy (non-hydrogen) atoms. The minimum absolute atomic E-state index is 0.497. The van der Waals surface area contributed by atoms with Crippen molar-refractivity contribution in [3.8, 4) is 0 Å². The van der Waals surface area contributed by atoms with Crippen molar-refractivity contribution < 1.29 is 0 Å². The van der Waals surface area contributed by atoms with Gasteiger partial charge in [-0.1, -0.05) is 60.8 Å². The van der Waals surface area contributed by atoms with Gasteiger partial charge in [-0.3, -0.25) is 0 Å². The first kappa shape index (κ1) is 12.0. The van der Waals surface area contributed by atoms with Gasteiger partial charge in [-0.05, 0) is 17.3 Å². The summed E-state index contributed by atoms with van der Waals surface area (Å²) in [5.41, 5.74) is 0.497. The Labute approximate surface area is 78.8 Å². The van der Waals surface area contributed by atoms with Crippen LogP contribution in [0.2, 0.25) is 0 Å². The first-order chi connectivity index (χ1) is 5.34. The number of hydrogen-bond donors (Lipinski definition) is 0. The molecule has 0 aromatic rings. The molecule has 0 rings (SSSR count). The van der Waals surface area contributed by atoms with E-state index in [1.165, 1.54) is 19.3 Å². The summed E-state index contributed by atoms with van der Waals surface area (Å²) in [6, 6.07) is 0. The fourth-order valence-electron chi connectivity index (χ4n) is 1.27. The molecule has 0 aromatic heterocycles. The largest absolute Gasteiger partial charge is 0.0628 e. The smallest absolute Gasteiger partial charge is 0.0357 e. The van der Waals surface area contributed by atoms with Crippen LogP contribution in [0.4, 0.5) is 0 Å². The van der Waals surface area contributed by atoms with E-state index in [9.17, 15) is 0 Å². The molecule has 0 saturated carbocycles. The average Bonchev–Trinajstić information content (AvgIpc) is 1.84. The molecular formula is C12H26. The first-order valence-electron chi connectivity index (χ1n) is 5.34. The molecule has 0 radical (unpaired) electrons. The van der Waals surface area contributed by atoms with Crippen LogP contribution in [-0.2, 0) is 0 Å². The minimum Gasteiger partial charge on any atom is -0.0628 e. The van der Waals surface area contributed by atoms with Crippen molar-refractivity contribution in [1.29, 1.82) is 0 Å². The van der Waals surface area contributed by atoms with Gasteiger partial charge in [0.05, 0.1) is 0 Å². The van der Waals surface area contributed by atoms with Crippen LogP contribution in [0.25, 0.3) is 0 Å². The van der Waals surface area contributed by atoms with Gasteiger partial charge in [-0.15, -0.1) is 0 Å². The molecular weight excluding hydrogens is 144 g/mol. The van der Waals surface area contributed by atoms with Gasteiger partial charge in [0, 0.05) is 0 Å². The average molecular weight is 170 g/mol. The maximum atomic E-state index is 2.38. The Kier molecular flexibility index (Phi) is 4.89. The van der Waals surface area contributed by atoms with E-state index in [2.05, 4.69) is 41.5 Å². The monoisotopic (exact) mass is 170 g/mol. The van der Waals surface area contributed by atoms with Crippen LogP contribution >= 0.6 is 0 Å². The van der Waals surface area contributed by atoms with Crippen LogP contribution < -0.4 is 0 Å². The lowest BCUT2D eigenvalue weighted by Crippen LogP contribution is -2.17. The molecule has 0 aliphatic heterocycles. The summed E-state index contributed by atoms with van der Waals surface area (Å²) in [7, 11) is 0. The second kappa shape index (κ2) is 4.89. The van der Waals surface area contributed by atoms with Gasteiger partial charge in [0.1, 0.15) is 0 Å². The van der Waals surface area contributed by atoms with Gasteiger partial charge in [0.25, 0.3) is 0 Å². The zero-order valence-corrected chi connectivity index (χ0v) is 9.78. The summed E-state index contributed by atoms with van der Waals surface area (Å²) in [5, 5.41) is 0. The number of rotatable bonds is 4. The highest BCUT2D eigenvalue weighted by Crippen LogP contribution is 2.29. The van der Waals surface area contributed by atoms with E-state index in [1.807, 2.05) is 0 Å². The van der Waals surface area contributed by atoms with Gasteiger partial charge in [0.15, 0.2) is 0 Å². The summed E-state index contributed by atoms with van der Waals surface area (Å²) in [6.45, 7) is 14.0. The predicted octanol–water partition coefficient (Wildman–Crippen LogP) is 4.49. The van der Waals surface area contributed by atoms with Gasteiger partial charge in [-0.25, -0.2) is 0 Å². The molecule has 0 N–H and O–H groups in total. The van der Waals surface area contributed by atoms with Gasteiger partial charge in [-0.2, -0.15) is 0 Å². The topological polar surface area (TPSA) is 0 Å². The third-order valence-corrected chi connectivity index (χ3v) is 2.90. The molecule has 0 aliphatic rings. The molecule has 0 heterocycles. The summed E-state index contributed by atoms with van der Waals surface area (Å²) < 4.78 is 0. The van der Waals surface area contributed by atoms with Crippen molar-refractivity contribution in [1.82, 2.24) is 0 Å². The Bertz CT molecular complexity index is 106. The Balaban J connectivity index is 3.51. The zero-order valence-electron chi connectivity index (χ0n) is 9.78. The molecule has 0 heteroatoms. The highest BCUT2D eigenvalue weighted by atomic mass is 14.2. The van der Waals surface area contributed by atoms with Crippen molar-refractivity contribution in [3.63, 3.8) is 0 Å². The second-order valence-corrected chi connectivity index (χ2v) is 5.59. The highest BCUT2D eigenvalue weighted by molar-refractivity contribution is 4.69. The van der Waals surface area contributed by atoms with Gasteiger partial charge >= 0.3 is 0 Å². The van der Waals surface area contributed by atoms with Crippen LogP contribution in [0, 0.1) is 17.3 Å². The van der Waals surface area contributed by atoms with Crippen molar-refractivity contribution in [2.45, 2.75) is 60.8 Å². The van der Waals surface area contributed by atoms with Crippen molar-refractivity contribution >= 4 is 0 Å². The standard InChI is InChI=1S/C12H26/c1-10(2)8-7-9-11(3)12(4,5)6/h10-11H,7-9H2,1-6H3. The van der Waals surface area contributed by atoms with E-state index in [1.54, 1.807) is 0 Å². The van der Waals surface area contributed by atoms with E-state index < -0.39 is 0 Å². The van der Waals surface area contributed by atoms with Crippen molar-refractivity contribution in [3.05, 3.63) is 0 Å². The summed E-state index contributed by atoms with van der Waals surface area (Å²) in [4.78, 5) is 0. The molecule has 0 saturated heterocycles. The van der Waals surface area contributed by atoms with Gasteiger partial charge in [0.2, 0.25) is 0 Å². The lowest BCUT2D eigenvalue weighted by atomic mass is 9.79. The van der Waals surface area contributed by atoms with Crippen LogP contribution in [0.5, 0.6) is 0 Å². The predicted molar refractivity (Wildman–Crippen MR) is 57.3 cm³/mol. The summed E-state index contributed by atoms with van der Waals surface area (Å²) in [5.74, 6) is 1.73. The molecule has 1 unspecified atom stereocenters. The maximum absolute atomic E-state index is 2.38. The van der Waals surface area contributed by atoms with E-state index in [-0.39, 0.29) is 0 Å². The molecule has 0 amide bonds. The Morgan fingerprint density at radius 3 is 1.75 bits per heavy atom. The lowest BCUT2D eigenvalue weighted by molar-refractivity contribution is 0.238. The quantitative estimate of drug-likeness (QED) is 0.583. The minimum atomic E-state index is 0.497. The highest BCUT2D eigenvalue weighted by Gasteiger charge is 2.18. The Morgan fingerprint density at radius 2 is 1.42 bits per heavy atom. The fraction of sp³-hybridized carbons (Fsp3) is 1.00. The van der Waals surface area contributed by atoms with Crippen LogP contribution in [0.1, 0.15) is 60.8 Å². The molecule has 0 nitrogen and oxygen atoms in total. The van der Waals surface area contributed by atoms with E-state index >= 15 is 0 Å². The maximum Gasteiger partial charge on any atom is -0.0357 e. The molecule has 0 spiro atoms. The fourth-order valence-corrected chi connectivity index (χ4v) is 1.27. The number of hydrogen-bond acceptors (Lipinski definition) is 0. The van der Waals surface area contributed by atoms with Crippen molar-refractivity contribution in [2.24, 2.45) is 17.3 Å². The second-order valence-electron chi connectivity index (χ2n) is 5.59. The molecule has 1 atom stereocenters. The lowest BCUT2D eigenvalue weighted by Gasteiger charge is -2.27. The molecule has 0 aliphatic carbocycles.